The summed E-state index contributed by atoms with van der Waals surface area (Å²) in [7, 11) is 0. The molecule has 1 aromatic rings. The molecule has 19 heavy (non-hydrogen) atoms. The van der Waals surface area contributed by atoms with E-state index >= 15 is 0 Å². The zero-order chi connectivity index (χ0) is 14.5. The quantitative estimate of drug-likeness (QED) is 0.812. The van der Waals surface area contributed by atoms with E-state index in [9.17, 15) is 0 Å². The molecule has 1 rings (SSSR count). The first-order chi connectivity index (χ1) is 8.81. The second kappa shape index (κ2) is 6.95. The molecule has 0 fully saturated rings. The normalized spacial score (nSPS) is 13.6. The van der Waals surface area contributed by atoms with E-state index in [-0.39, 0.29) is 6.10 Å². The summed E-state index contributed by atoms with van der Waals surface area (Å²) in [6.45, 7) is 14.1. The summed E-state index contributed by atoms with van der Waals surface area (Å²) < 4.78 is 5.68. The van der Waals surface area contributed by atoms with Crippen molar-refractivity contribution in [2.75, 3.05) is 6.54 Å². The van der Waals surface area contributed by atoms with Gasteiger partial charge in [0, 0.05) is 12.6 Å². The van der Waals surface area contributed by atoms with Gasteiger partial charge in [-0.3, -0.25) is 0 Å². The fourth-order valence-corrected chi connectivity index (χ4v) is 1.98. The zero-order valence-corrected chi connectivity index (χ0v) is 13.3. The first kappa shape index (κ1) is 16.0. The van der Waals surface area contributed by atoms with Crippen LogP contribution in [0, 0.1) is 5.41 Å². The van der Waals surface area contributed by atoms with E-state index in [0.29, 0.717) is 11.5 Å². The zero-order valence-electron chi connectivity index (χ0n) is 13.3. The minimum absolute atomic E-state index is 0.229. The smallest absolute Gasteiger partial charge is 0.119 e. The van der Waals surface area contributed by atoms with Crippen LogP contribution >= 0.6 is 0 Å². The van der Waals surface area contributed by atoms with Gasteiger partial charge >= 0.3 is 0 Å². The highest BCUT2D eigenvalue weighted by Crippen LogP contribution is 2.22. The summed E-state index contributed by atoms with van der Waals surface area (Å²) >= 11 is 0. The molecular weight excluding hydrogens is 234 g/mol. The van der Waals surface area contributed by atoms with Crippen molar-refractivity contribution >= 4 is 0 Å². The first-order valence-corrected chi connectivity index (χ1v) is 7.32. The van der Waals surface area contributed by atoms with E-state index in [1.54, 1.807) is 0 Å². The average molecular weight is 263 g/mol. The van der Waals surface area contributed by atoms with Gasteiger partial charge in [-0.05, 0) is 43.4 Å². The number of benzene rings is 1. The minimum atomic E-state index is 0.229. The molecule has 2 heteroatoms. The van der Waals surface area contributed by atoms with Crippen LogP contribution in [-0.2, 0) is 0 Å². The Hall–Kier alpha value is -1.02. The van der Waals surface area contributed by atoms with Gasteiger partial charge in [0.15, 0.2) is 0 Å². The SMILES string of the molecule is CCC(NCC(C)(C)C)c1ccc(OC(C)C)cc1. The molecule has 0 radical (unpaired) electrons. The maximum Gasteiger partial charge on any atom is 0.119 e. The number of nitrogens with one attached hydrogen (secondary N) is 1. The Morgan fingerprint density at radius 3 is 2.11 bits per heavy atom. The van der Waals surface area contributed by atoms with Gasteiger partial charge in [-0.15, -0.1) is 0 Å². The van der Waals surface area contributed by atoms with Crippen LogP contribution in [0.2, 0.25) is 0 Å². The largest absolute Gasteiger partial charge is 0.491 e. The molecule has 0 heterocycles. The Balaban J connectivity index is 2.66. The number of rotatable bonds is 6. The van der Waals surface area contributed by atoms with Gasteiger partial charge in [0.2, 0.25) is 0 Å². The Morgan fingerprint density at radius 1 is 1.11 bits per heavy atom. The standard InChI is InChI=1S/C17H29NO/c1-7-16(18-12-17(4,5)6)14-8-10-15(11-9-14)19-13(2)3/h8-11,13,16,18H,7,12H2,1-6H3. The van der Waals surface area contributed by atoms with Crippen LogP contribution in [0.1, 0.15) is 59.6 Å². The molecule has 1 unspecified atom stereocenters. The Bertz CT molecular complexity index is 362. The third kappa shape index (κ3) is 6.11. The Labute approximate surface area is 118 Å². The molecular formula is C17H29NO. The molecule has 0 aliphatic rings. The van der Waals surface area contributed by atoms with Crippen LogP contribution in [0.4, 0.5) is 0 Å². The van der Waals surface area contributed by atoms with Gasteiger partial charge < -0.3 is 10.1 Å². The van der Waals surface area contributed by atoms with Crippen molar-refractivity contribution in [2.45, 2.75) is 60.1 Å². The van der Waals surface area contributed by atoms with Gasteiger partial charge in [0.05, 0.1) is 6.10 Å². The molecule has 108 valence electrons. The molecule has 1 N–H and O–H groups in total. The van der Waals surface area contributed by atoms with Crippen molar-refractivity contribution in [3.8, 4) is 5.75 Å². The summed E-state index contributed by atoms with van der Waals surface area (Å²) in [6.07, 6.45) is 1.33. The minimum Gasteiger partial charge on any atom is -0.491 e. The first-order valence-electron chi connectivity index (χ1n) is 7.32. The van der Waals surface area contributed by atoms with Crippen LogP contribution in [0.3, 0.4) is 0 Å². The van der Waals surface area contributed by atoms with Crippen molar-refractivity contribution in [3.63, 3.8) is 0 Å². The molecule has 0 spiro atoms. The summed E-state index contributed by atoms with van der Waals surface area (Å²) in [6, 6.07) is 8.89. The predicted molar refractivity (Wildman–Crippen MR) is 82.7 cm³/mol. The van der Waals surface area contributed by atoms with Gasteiger partial charge in [-0.25, -0.2) is 0 Å². The van der Waals surface area contributed by atoms with E-state index in [4.69, 9.17) is 4.74 Å². The molecule has 0 saturated heterocycles. The van der Waals surface area contributed by atoms with Gasteiger partial charge in [-0.1, -0.05) is 39.8 Å². The van der Waals surface area contributed by atoms with Crippen molar-refractivity contribution < 1.29 is 4.74 Å². The number of hydrogen-bond acceptors (Lipinski definition) is 2. The molecule has 1 atom stereocenters. The summed E-state index contributed by atoms with van der Waals surface area (Å²) in [5.41, 5.74) is 1.65. The van der Waals surface area contributed by atoms with Crippen LogP contribution in [0.5, 0.6) is 5.75 Å². The summed E-state index contributed by atoms with van der Waals surface area (Å²) in [5, 5.41) is 3.65. The fraction of sp³-hybridized carbons (Fsp3) is 0.647. The van der Waals surface area contributed by atoms with Gasteiger partial charge in [0.25, 0.3) is 0 Å². The van der Waals surface area contributed by atoms with Crippen LogP contribution in [0.15, 0.2) is 24.3 Å². The maximum absolute atomic E-state index is 5.68. The van der Waals surface area contributed by atoms with E-state index in [1.165, 1.54) is 5.56 Å². The van der Waals surface area contributed by atoms with E-state index in [2.05, 4.69) is 57.3 Å². The highest BCUT2D eigenvalue weighted by molar-refractivity contribution is 5.29. The monoisotopic (exact) mass is 263 g/mol. The van der Waals surface area contributed by atoms with Crippen LogP contribution in [-0.4, -0.2) is 12.6 Å². The molecule has 0 aromatic heterocycles. The molecule has 0 aliphatic carbocycles. The molecule has 0 aliphatic heterocycles. The highest BCUT2D eigenvalue weighted by atomic mass is 16.5. The highest BCUT2D eigenvalue weighted by Gasteiger charge is 2.14. The second-order valence-corrected chi connectivity index (χ2v) is 6.64. The summed E-state index contributed by atoms with van der Waals surface area (Å²) in [5.74, 6) is 0.949. The lowest BCUT2D eigenvalue weighted by molar-refractivity contribution is 0.242. The topological polar surface area (TPSA) is 21.3 Å². The second-order valence-electron chi connectivity index (χ2n) is 6.64. The van der Waals surface area contributed by atoms with E-state index < -0.39 is 0 Å². The van der Waals surface area contributed by atoms with Crippen molar-refractivity contribution in [3.05, 3.63) is 29.8 Å². The van der Waals surface area contributed by atoms with Gasteiger partial charge in [-0.2, -0.15) is 0 Å². The van der Waals surface area contributed by atoms with Crippen molar-refractivity contribution in [1.82, 2.24) is 5.32 Å². The third-order valence-corrected chi connectivity index (χ3v) is 2.94. The average Bonchev–Trinajstić information content (AvgIpc) is 2.29. The Kier molecular flexibility index (Phi) is 5.86. The molecule has 2 nitrogen and oxygen atoms in total. The van der Waals surface area contributed by atoms with Gasteiger partial charge in [0.1, 0.15) is 5.75 Å². The van der Waals surface area contributed by atoms with E-state index in [0.717, 1.165) is 18.7 Å². The third-order valence-electron chi connectivity index (χ3n) is 2.94. The molecule has 0 saturated carbocycles. The lowest BCUT2D eigenvalue weighted by Crippen LogP contribution is -2.30. The lowest BCUT2D eigenvalue weighted by atomic mass is 9.95. The number of hydrogen-bond donors (Lipinski definition) is 1. The van der Waals surface area contributed by atoms with Crippen molar-refractivity contribution in [1.29, 1.82) is 0 Å². The maximum atomic E-state index is 5.68. The van der Waals surface area contributed by atoms with Crippen LogP contribution < -0.4 is 10.1 Å². The number of ether oxygens (including phenoxy) is 1. The lowest BCUT2D eigenvalue weighted by Gasteiger charge is -2.24. The Morgan fingerprint density at radius 2 is 1.68 bits per heavy atom. The van der Waals surface area contributed by atoms with Crippen molar-refractivity contribution in [2.24, 2.45) is 5.41 Å². The molecule has 1 aromatic carbocycles. The predicted octanol–water partition coefficient (Wildman–Crippen LogP) is 4.56. The summed E-state index contributed by atoms with van der Waals surface area (Å²) in [4.78, 5) is 0. The van der Waals surface area contributed by atoms with Crippen LogP contribution in [0.25, 0.3) is 0 Å². The fourth-order valence-electron chi connectivity index (χ4n) is 1.98. The molecule has 0 amide bonds. The molecule has 0 bridgehead atoms. The van der Waals surface area contributed by atoms with E-state index in [1.807, 2.05) is 13.8 Å².